The molecule has 6 heteroatoms. The summed E-state index contributed by atoms with van der Waals surface area (Å²) >= 11 is 2.21. The number of benzene rings is 2. The molecule has 4 nitrogen and oxygen atoms in total. The van der Waals surface area contributed by atoms with Crippen molar-refractivity contribution in [1.29, 1.82) is 0 Å². The van der Waals surface area contributed by atoms with Crippen molar-refractivity contribution in [2.75, 3.05) is 13.2 Å². The summed E-state index contributed by atoms with van der Waals surface area (Å²) in [4.78, 5) is 0.332. The van der Waals surface area contributed by atoms with Gasteiger partial charge in [-0.3, -0.25) is 0 Å². The van der Waals surface area contributed by atoms with E-state index < -0.39 is 10.0 Å². The van der Waals surface area contributed by atoms with Crippen molar-refractivity contribution >= 4 is 43.4 Å². The average molecular weight is 433 g/mol. The Morgan fingerprint density at radius 1 is 0.955 bits per heavy atom. The molecule has 0 aliphatic heterocycles. The molecule has 2 rings (SSSR count). The van der Waals surface area contributed by atoms with E-state index in [0.717, 1.165) is 40.0 Å². The SMILES string of the molecule is O=S(=O)(NCCCCCCO)c1cccc2c(I)cccc12. The molecule has 0 heterocycles. The quantitative estimate of drug-likeness (QED) is 0.496. The molecule has 0 aliphatic rings. The summed E-state index contributed by atoms with van der Waals surface area (Å²) in [6.45, 7) is 0.619. The van der Waals surface area contributed by atoms with E-state index in [0.29, 0.717) is 11.4 Å². The molecule has 22 heavy (non-hydrogen) atoms. The van der Waals surface area contributed by atoms with Gasteiger partial charge >= 0.3 is 0 Å². The summed E-state index contributed by atoms with van der Waals surface area (Å²) < 4.78 is 28.7. The van der Waals surface area contributed by atoms with Crippen LogP contribution in [0.15, 0.2) is 41.3 Å². The summed E-state index contributed by atoms with van der Waals surface area (Å²) in [5.41, 5.74) is 0. The summed E-state index contributed by atoms with van der Waals surface area (Å²) in [6.07, 6.45) is 3.39. The van der Waals surface area contributed by atoms with Crippen LogP contribution in [0, 0.1) is 3.57 Å². The first kappa shape index (κ1) is 17.7. The lowest BCUT2D eigenvalue weighted by Gasteiger charge is -2.10. The highest BCUT2D eigenvalue weighted by molar-refractivity contribution is 14.1. The molecule has 0 fully saturated rings. The highest BCUT2D eigenvalue weighted by atomic mass is 127. The van der Waals surface area contributed by atoms with E-state index in [9.17, 15) is 8.42 Å². The van der Waals surface area contributed by atoms with Crippen molar-refractivity contribution in [2.45, 2.75) is 30.6 Å². The Kier molecular flexibility index (Phi) is 6.61. The monoisotopic (exact) mass is 433 g/mol. The van der Waals surface area contributed by atoms with Crippen LogP contribution in [0.25, 0.3) is 10.8 Å². The van der Waals surface area contributed by atoms with E-state index in [1.807, 2.05) is 24.3 Å². The van der Waals surface area contributed by atoms with Gasteiger partial charge in [0, 0.05) is 22.1 Å². The van der Waals surface area contributed by atoms with E-state index in [1.54, 1.807) is 12.1 Å². The first-order valence-corrected chi connectivity index (χ1v) is 9.90. The van der Waals surface area contributed by atoms with Gasteiger partial charge in [0.1, 0.15) is 0 Å². The predicted molar refractivity (Wildman–Crippen MR) is 97.4 cm³/mol. The van der Waals surface area contributed by atoms with Crippen LogP contribution in [0.4, 0.5) is 0 Å². The van der Waals surface area contributed by atoms with Crippen molar-refractivity contribution in [3.63, 3.8) is 0 Å². The van der Waals surface area contributed by atoms with Crippen LogP contribution in [0.2, 0.25) is 0 Å². The standard InChI is InChI=1S/C16H20INO3S/c17-15-9-5-8-14-13(15)7-6-10-16(14)22(20,21)18-11-3-1-2-4-12-19/h5-10,18-19H,1-4,11-12H2. The maximum Gasteiger partial charge on any atom is 0.241 e. The molecular formula is C16H20INO3S. The first-order chi connectivity index (χ1) is 10.6. The van der Waals surface area contributed by atoms with Gasteiger partial charge in [-0.15, -0.1) is 0 Å². The summed E-state index contributed by atoms with van der Waals surface area (Å²) in [5, 5.41) is 10.4. The summed E-state index contributed by atoms with van der Waals surface area (Å²) in [5.74, 6) is 0. The topological polar surface area (TPSA) is 66.4 Å². The van der Waals surface area contributed by atoms with Crippen molar-refractivity contribution in [3.05, 3.63) is 40.0 Å². The molecule has 0 aromatic heterocycles. The molecular weight excluding hydrogens is 413 g/mol. The molecule has 0 unspecified atom stereocenters. The lowest BCUT2D eigenvalue weighted by atomic mass is 10.1. The second-order valence-electron chi connectivity index (χ2n) is 5.13. The minimum Gasteiger partial charge on any atom is -0.396 e. The van der Waals surface area contributed by atoms with Gasteiger partial charge in [-0.05, 0) is 53.0 Å². The van der Waals surface area contributed by atoms with Crippen LogP contribution in [-0.4, -0.2) is 26.7 Å². The molecule has 0 saturated heterocycles. The van der Waals surface area contributed by atoms with E-state index in [2.05, 4.69) is 27.3 Å². The second kappa shape index (κ2) is 8.24. The van der Waals surface area contributed by atoms with Crippen LogP contribution in [0.1, 0.15) is 25.7 Å². The Hall–Kier alpha value is -0.700. The molecule has 0 bridgehead atoms. The number of sulfonamides is 1. The van der Waals surface area contributed by atoms with Crippen LogP contribution in [-0.2, 0) is 10.0 Å². The molecule has 120 valence electrons. The third-order valence-electron chi connectivity index (χ3n) is 3.50. The van der Waals surface area contributed by atoms with Gasteiger partial charge in [0.15, 0.2) is 0 Å². The zero-order chi connectivity index (χ0) is 16.0. The van der Waals surface area contributed by atoms with Crippen molar-refractivity contribution < 1.29 is 13.5 Å². The molecule has 0 amide bonds. The number of rotatable bonds is 8. The largest absolute Gasteiger partial charge is 0.396 e. The Labute approximate surface area is 145 Å². The lowest BCUT2D eigenvalue weighted by molar-refractivity contribution is 0.282. The van der Waals surface area contributed by atoms with Gasteiger partial charge in [0.2, 0.25) is 10.0 Å². The van der Waals surface area contributed by atoms with Crippen LogP contribution in [0.5, 0.6) is 0 Å². The van der Waals surface area contributed by atoms with Crippen molar-refractivity contribution in [2.24, 2.45) is 0 Å². The minimum absolute atomic E-state index is 0.195. The molecule has 0 aliphatic carbocycles. The fraction of sp³-hybridized carbons (Fsp3) is 0.375. The van der Waals surface area contributed by atoms with Crippen molar-refractivity contribution in [1.82, 2.24) is 4.72 Å². The third kappa shape index (κ3) is 4.41. The van der Waals surface area contributed by atoms with Crippen molar-refractivity contribution in [3.8, 4) is 0 Å². The van der Waals surface area contributed by atoms with E-state index in [-0.39, 0.29) is 6.61 Å². The molecule has 0 radical (unpaired) electrons. The predicted octanol–water partition coefficient (Wildman–Crippen LogP) is 3.28. The number of hydrogen-bond acceptors (Lipinski definition) is 3. The fourth-order valence-electron chi connectivity index (χ4n) is 2.35. The van der Waals surface area contributed by atoms with Crippen LogP contribution >= 0.6 is 22.6 Å². The lowest BCUT2D eigenvalue weighted by Crippen LogP contribution is -2.25. The number of aliphatic hydroxyl groups excluding tert-OH is 1. The molecule has 0 spiro atoms. The fourth-order valence-corrected chi connectivity index (χ4v) is 4.32. The van der Waals surface area contributed by atoms with Gasteiger partial charge in [-0.1, -0.05) is 37.1 Å². The van der Waals surface area contributed by atoms with E-state index in [1.165, 1.54) is 0 Å². The molecule has 2 aromatic rings. The van der Waals surface area contributed by atoms with Crippen LogP contribution < -0.4 is 4.72 Å². The number of hydrogen-bond donors (Lipinski definition) is 2. The Morgan fingerprint density at radius 2 is 1.64 bits per heavy atom. The number of halogens is 1. The Balaban J connectivity index is 2.11. The molecule has 2 N–H and O–H groups in total. The van der Waals surface area contributed by atoms with Gasteiger partial charge in [-0.2, -0.15) is 0 Å². The Bertz CT molecular complexity index is 731. The van der Waals surface area contributed by atoms with E-state index >= 15 is 0 Å². The number of aliphatic hydroxyl groups is 1. The van der Waals surface area contributed by atoms with Gasteiger partial charge in [0.05, 0.1) is 4.90 Å². The number of nitrogens with one attached hydrogen (secondary N) is 1. The molecule has 0 saturated carbocycles. The highest BCUT2D eigenvalue weighted by Crippen LogP contribution is 2.26. The minimum atomic E-state index is -3.50. The zero-order valence-corrected chi connectivity index (χ0v) is 15.2. The number of unbranched alkanes of at least 4 members (excludes halogenated alkanes) is 3. The summed E-state index contributed by atoms with van der Waals surface area (Å²) in [7, 11) is -3.50. The highest BCUT2D eigenvalue weighted by Gasteiger charge is 2.17. The first-order valence-electron chi connectivity index (χ1n) is 7.34. The van der Waals surface area contributed by atoms with E-state index in [4.69, 9.17) is 5.11 Å². The Morgan fingerprint density at radius 3 is 2.41 bits per heavy atom. The van der Waals surface area contributed by atoms with Gasteiger partial charge in [0.25, 0.3) is 0 Å². The van der Waals surface area contributed by atoms with Gasteiger partial charge < -0.3 is 5.11 Å². The van der Waals surface area contributed by atoms with Gasteiger partial charge in [-0.25, -0.2) is 13.1 Å². The summed E-state index contributed by atoms with van der Waals surface area (Å²) in [6, 6.07) is 11.0. The maximum atomic E-state index is 12.5. The molecule has 2 aromatic carbocycles. The normalized spacial score (nSPS) is 11.9. The number of fused-ring (bicyclic) bond motifs is 1. The second-order valence-corrected chi connectivity index (χ2v) is 8.02. The maximum absolute atomic E-state index is 12.5. The molecule has 0 atom stereocenters. The smallest absolute Gasteiger partial charge is 0.241 e. The average Bonchev–Trinajstić information content (AvgIpc) is 2.50. The zero-order valence-electron chi connectivity index (χ0n) is 12.3. The van der Waals surface area contributed by atoms with Crippen LogP contribution in [0.3, 0.4) is 0 Å². The third-order valence-corrected chi connectivity index (χ3v) is 5.96.